The van der Waals surface area contributed by atoms with Crippen molar-refractivity contribution in [3.8, 4) is 0 Å². The molecule has 0 radical (unpaired) electrons. The maximum absolute atomic E-state index is 10.8. The third-order valence-electron chi connectivity index (χ3n) is 9.77. The van der Waals surface area contributed by atoms with Crippen LogP contribution in [0.25, 0.3) is 0 Å². The zero-order chi connectivity index (χ0) is 31.2. The van der Waals surface area contributed by atoms with E-state index in [2.05, 4.69) is 0 Å². The molecule has 3 heterocycles. The maximum Gasteiger partial charge on any atom is 0.187 e. The molecule has 5 fully saturated rings. The van der Waals surface area contributed by atoms with Crippen LogP contribution in [0, 0.1) is 11.8 Å². The van der Waals surface area contributed by atoms with Gasteiger partial charge in [0.25, 0.3) is 0 Å². The summed E-state index contributed by atoms with van der Waals surface area (Å²) in [6.07, 6.45) is -19.4. The molecule has 250 valence electrons. The molecule has 0 aromatic carbocycles. The number of rotatable bonds is 7. The van der Waals surface area contributed by atoms with Gasteiger partial charge in [0.2, 0.25) is 0 Å². The number of hydrogen-bond donors (Lipinski definition) is 11. The van der Waals surface area contributed by atoms with Crippen molar-refractivity contribution < 1.29 is 79.9 Å². The highest BCUT2D eigenvalue weighted by atomic mass is 16.7. The number of ether oxygens (including phenoxy) is 5. The van der Waals surface area contributed by atoms with Gasteiger partial charge in [0.1, 0.15) is 48.8 Å². The Kier molecular flexibility index (Phi) is 11.0. The highest BCUT2D eigenvalue weighted by molar-refractivity contribution is 4.99. The van der Waals surface area contributed by atoms with Gasteiger partial charge in [-0.05, 0) is 44.4 Å². The fraction of sp³-hybridized carbons (Fsp3) is 1.00. The Bertz CT molecular complexity index is 895. The molecule has 5 rings (SSSR count). The second-order valence-electron chi connectivity index (χ2n) is 12.6. The summed E-state index contributed by atoms with van der Waals surface area (Å²) in [6.45, 7) is -1.29. The Balaban J connectivity index is 1.34. The van der Waals surface area contributed by atoms with Gasteiger partial charge in [-0.2, -0.15) is 0 Å². The largest absolute Gasteiger partial charge is 0.394 e. The zero-order valence-corrected chi connectivity index (χ0v) is 23.6. The average Bonchev–Trinajstić information content (AvgIpc) is 2.98. The van der Waals surface area contributed by atoms with Gasteiger partial charge in [0.15, 0.2) is 12.6 Å². The molecule has 0 amide bonds. The lowest BCUT2D eigenvalue weighted by molar-refractivity contribution is -0.336. The second-order valence-corrected chi connectivity index (χ2v) is 12.6. The first-order valence-electron chi connectivity index (χ1n) is 15.0. The van der Waals surface area contributed by atoms with E-state index in [0.717, 1.165) is 0 Å². The topological polar surface area (TPSA) is 269 Å². The SMILES string of the molecule is OC[C@H]1O[C@@H](OC2CC(C3OC4CC(O)CC(O)C4CC3O[C@@H]3O[C@H](CO)[C@@H](O)[C@H](O)[C@H]3O)CCC2O)[C@H](O)[C@@H](O)[C@@H]1O. The van der Waals surface area contributed by atoms with E-state index < -0.39 is 123 Å². The van der Waals surface area contributed by atoms with Crippen LogP contribution in [0.2, 0.25) is 0 Å². The van der Waals surface area contributed by atoms with Crippen LogP contribution in [0.15, 0.2) is 0 Å². The molecular weight excluding hydrogens is 580 g/mol. The van der Waals surface area contributed by atoms with Crippen molar-refractivity contribution in [2.24, 2.45) is 11.8 Å². The summed E-state index contributed by atoms with van der Waals surface area (Å²) in [7, 11) is 0. The standard InChI is InChI=1S/C27H46O16/c28-7-17-19(33)21(35)23(37)26(42-17)40-15-3-9(1-2-12(15)31)25-16(6-11-13(32)4-10(30)5-14(11)39-25)41-27-24(38)22(36)20(34)18(8-29)43-27/h9-38H,1-8H2/t9?,10?,11?,12?,13?,14?,15?,16?,17-,18-,19-,20-,21+,22+,23-,24-,25?,26-,27-/m1/s1. The molecule has 16 heteroatoms. The van der Waals surface area contributed by atoms with Gasteiger partial charge in [0.05, 0.1) is 55.9 Å². The third kappa shape index (κ3) is 6.90. The first-order chi connectivity index (χ1) is 20.4. The summed E-state index contributed by atoms with van der Waals surface area (Å²) in [6, 6.07) is 0. The number of fused-ring (bicyclic) bond motifs is 1. The molecule has 16 nitrogen and oxygen atoms in total. The molecule has 0 aromatic rings. The Labute approximate surface area is 248 Å². The fourth-order valence-electron chi connectivity index (χ4n) is 7.24. The van der Waals surface area contributed by atoms with Gasteiger partial charge >= 0.3 is 0 Å². The van der Waals surface area contributed by atoms with E-state index in [1.807, 2.05) is 0 Å². The first kappa shape index (κ1) is 33.7. The van der Waals surface area contributed by atoms with Crippen LogP contribution >= 0.6 is 0 Å². The fourth-order valence-corrected chi connectivity index (χ4v) is 7.24. The normalized spacial score (nSPS) is 54.6. The highest BCUT2D eigenvalue weighted by Gasteiger charge is 2.53. The third-order valence-corrected chi connectivity index (χ3v) is 9.77. The predicted octanol–water partition coefficient (Wildman–Crippen LogP) is -5.19. The van der Waals surface area contributed by atoms with E-state index in [4.69, 9.17) is 23.7 Å². The second kappa shape index (κ2) is 14.0. The van der Waals surface area contributed by atoms with Crippen molar-refractivity contribution in [1.82, 2.24) is 0 Å². The van der Waals surface area contributed by atoms with Crippen LogP contribution < -0.4 is 0 Å². The van der Waals surface area contributed by atoms with Gasteiger partial charge in [-0.15, -0.1) is 0 Å². The minimum absolute atomic E-state index is 0.145. The van der Waals surface area contributed by atoms with E-state index in [9.17, 15) is 56.2 Å². The van der Waals surface area contributed by atoms with Crippen molar-refractivity contribution in [2.45, 2.75) is 143 Å². The highest BCUT2D eigenvalue weighted by Crippen LogP contribution is 2.44. The minimum Gasteiger partial charge on any atom is -0.394 e. The summed E-state index contributed by atoms with van der Waals surface area (Å²) >= 11 is 0. The monoisotopic (exact) mass is 626 g/mol. The van der Waals surface area contributed by atoms with E-state index >= 15 is 0 Å². The summed E-state index contributed by atoms with van der Waals surface area (Å²) < 4.78 is 29.5. The van der Waals surface area contributed by atoms with Crippen molar-refractivity contribution in [3.63, 3.8) is 0 Å². The molecule has 9 unspecified atom stereocenters. The molecule has 19 atom stereocenters. The van der Waals surface area contributed by atoms with E-state index in [1.165, 1.54) is 0 Å². The first-order valence-corrected chi connectivity index (χ1v) is 15.0. The molecule has 0 spiro atoms. The predicted molar refractivity (Wildman–Crippen MR) is 139 cm³/mol. The summed E-state index contributed by atoms with van der Waals surface area (Å²) in [4.78, 5) is 0. The molecule has 2 aliphatic carbocycles. The van der Waals surface area contributed by atoms with Crippen molar-refractivity contribution in [2.75, 3.05) is 13.2 Å². The Morgan fingerprint density at radius 1 is 0.535 bits per heavy atom. The smallest absolute Gasteiger partial charge is 0.187 e. The van der Waals surface area contributed by atoms with Crippen LogP contribution in [0.3, 0.4) is 0 Å². The molecule has 11 N–H and O–H groups in total. The van der Waals surface area contributed by atoms with E-state index in [0.29, 0.717) is 6.42 Å². The summed E-state index contributed by atoms with van der Waals surface area (Å²) in [5.74, 6) is -0.796. The van der Waals surface area contributed by atoms with Crippen LogP contribution in [-0.2, 0) is 23.7 Å². The van der Waals surface area contributed by atoms with Crippen LogP contribution in [-0.4, -0.2) is 174 Å². The molecule has 0 aromatic heterocycles. The maximum atomic E-state index is 10.8. The molecule has 3 aliphatic heterocycles. The number of aliphatic hydroxyl groups excluding tert-OH is 11. The minimum atomic E-state index is -1.66. The lowest BCUT2D eigenvalue weighted by atomic mass is 9.72. The number of hydrogen-bond acceptors (Lipinski definition) is 16. The quantitative estimate of drug-likeness (QED) is 0.126. The summed E-state index contributed by atoms with van der Waals surface area (Å²) in [5, 5.41) is 113. The van der Waals surface area contributed by atoms with Crippen molar-refractivity contribution in [3.05, 3.63) is 0 Å². The van der Waals surface area contributed by atoms with Gasteiger partial charge < -0.3 is 79.9 Å². The zero-order valence-electron chi connectivity index (χ0n) is 23.6. The lowest BCUT2D eigenvalue weighted by Crippen LogP contribution is -2.62. The Hall–Kier alpha value is -0.640. The average molecular weight is 627 g/mol. The molecule has 0 bridgehead atoms. The Morgan fingerprint density at radius 3 is 1.65 bits per heavy atom. The van der Waals surface area contributed by atoms with Gasteiger partial charge in [-0.25, -0.2) is 0 Å². The molecular formula is C27H46O16. The van der Waals surface area contributed by atoms with Crippen LogP contribution in [0.1, 0.15) is 38.5 Å². The molecule has 3 saturated heterocycles. The summed E-state index contributed by atoms with van der Waals surface area (Å²) in [5.41, 5.74) is 0. The van der Waals surface area contributed by atoms with Crippen LogP contribution in [0.4, 0.5) is 0 Å². The van der Waals surface area contributed by atoms with Crippen molar-refractivity contribution >= 4 is 0 Å². The van der Waals surface area contributed by atoms with E-state index in [1.54, 1.807) is 0 Å². The van der Waals surface area contributed by atoms with Gasteiger partial charge in [0, 0.05) is 5.92 Å². The lowest BCUT2D eigenvalue weighted by Gasteiger charge is -2.51. The molecule has 43 heavy (non-hydrogen) atoms. The molecule has 5 aliphatic rings. The number of aliphatic hydroxyl groups is 11. The van der Waals surface area contributed by atoms with Gasteiger partial charge in [-0.1, -0.05) is 0 Å². The van der Waals surface area contributed by atoms with Crippen LogP contribution in [0.5, 0.6) is 0 Å². The van der Waals surface area contributed by atoms with Crippen molar-refractivity contribution in [1.29, 1.82) is 0 Å². The molecule has 2 saturated carbocycles. The van der Waals surface area contributed by atoms with E-state index in [-0.39, 0.29) is 38.0 Å². The Morgan fingerprint density at radius 2 is 1.09 bits per heavy atom. The van der Waals surface area contributed by atoms with Gasteiger partial charge in [-0.3, -0.25) is 0 Å².